The Morgan fingerprint density at radius 2 is 1.94 bits per heavy atom. The molecule has 0 unspecified atom stereocenters. The van der Waals surface area contributed by atoms with Crippen molar-refractivity contribution >= 4 is 23.3 Å². The predicted molar refractivity (Wildman–Crippen MR) is 122 cm³/mol. The maximum Gasteiger partial charge on any atom is 0.237 e. The molecule has 7 nitrogen and oxygen atoms in total. The minimum atomic E-state index is -1.15. The quantitative estimate of drug-likeness (QED) is 0.334. The predicted octanol–water partition coefficient (Wildman–Crippen LogP) is 4.32. The smallest absolute Gasteiger partial charge is 0.237 e. The summed E-state index contributed by atoms with van der Waals surface area (Å²) in [6.45, 7) is 3.19. The van der Waals surface area contributed by atoms with E-state index in [1.807, 2.05) is 0 Å². The lowest BCUT2D eigenvalue weighted by Gasteiger charge is -2.12. The molecule has 33 heavy (non-hydrogen) atoms. The van der Waals surface area contributed by atoms with Gasteiger partial charge >= 0.3 is 0 Å². The number of imidazole rings is 1. The fourth-order valence-corrected chi connectivity index (χ4v) is 3.48. The van der Waals surface area contributed by atoms with Gasteiger partial charge in [-0.05, 0) is 62.0 Å². The van der Waals surface area contributed by atoms with Gasteiger partial charge in [0, 0.05) is 17.8 Å². The lowest BCUT2D eigenvalue weighted by molar-refractivity contribution is 0.143. The highest BCUT2D eigenvalue weighted by Gasteiger charge is 2.13. The molecule has 0 aliphatic carbocycles. The van der Waals surface area contributed by atoms with Crippen LogP contribution in [0.2, 0.25) is 0 Å². The molecule has 0 saturated heterocycles. The van der Waals surface area contributed by atoms with Gasteiger partial charge in [-0.15, -0.1) is 0 Å². The Bertz CT molecular complexity index is 1390. The van der Waals surface area contributed by atoms with Gasteiger partial charge in [0.15, 0.2) is 5.65 Å². The van der Waals surface area contributed by atoms with E-state index < -0.39 is 17.2 Å². The van der Waals surface area contributed by atoms with Crippen LogP contribution in [0.25, 0.3) is 16.9 Å². The third kappa shape index (κ3) is 5.22. The number of aliphatic hydroxyl groups is 1. The Balaban J connectivity index is 1.66. The van der Waals surface area contributed by atoms with Crippen molar-refractivity contribution in [2.45, 2.75) is 24.3 Å². The molecule has 1 aromatic carbocycles. The molecule has 0 aliphatic heterocycles. The molecule has 0 bridgehead atoms. The molecule has 10 heteroatoms. The van der Waals surface area contributed by atoms with Gasteiger partial charge in [0.05, 0.1) is 23.9 Å². The number of benzene rings is 1. The summed E-state index contributed by atoms with van der Waals surface area (Å²) in [5, 5.41) is 14.5. The second kappa shape index (κ2) is 9.05. The second-order valence-electron chi connectivity index (χ2n) is 7.50. The number of fused-ring (bicyclic) bond motifs is 1. The Morgan fingerprint density at radius 1 is 1.12 bits per heavy atom. The number of aromatic nitrogens is 4. The zero-order chi connectivity index (χ0) is 23.6. The summed E-state index contributed by atoms with van der Waals surface area (Å²) in [5.74, 6) is 4.61. The van der Waals surface area contributed by atoms with Crippen LogP contribution in [-0.2, 0) is 0 Å². The van der Waals surface area contributed by atoms with Crippen LogP contribution in [-0.4, -0.2) is 37.4 Å². The highest BCUT2D eigenvalue weighted by atomic mass is 32.2. The zero-order valence-corrected chi connectivity index (χ0v) is 18.7. The first-order valence-corrected chi connectivity index (χ1v) is 10.6. The van der Waals surface area contributed by atoms with Crippen molar-refractivity contribution in [2.75, 3.05) is 11.8 Å². The van der Waals surface area contributed by atoms with Crippen LogP contribution in [0.15, 0.2) is 53.7 Å². The number of ether oxygens (including phenoxy) is 1. The largest absolute Gasteiger partial charge is 0.480 e. The second-order valence-corrected chi connectivity index (χ2v) is 8.35. The van der Waals surface area contributed by atoms with Crippen molar-refractivity contribution in [2.24, 2.45) is 0 Å². The third-order valence-electron chi connectivity index (χ3n) is 4.36. The fraction of sp³-hybridized carbons (Fsp3) is 0.174. The summed E-state index contributed by atoms with van der Waals surface area (Å²) in [6, 6.07) is 8.68. The van der Waals surface area contributed by atoms with E-state index in [4.69, 9.17) is 4.74 Å². The van der Waals surface area contributed by atoms with E-state index >= 15 is 0 Å². The molecule has 0 saturated carbocycles. The number of halogens is 2. The Kier molecular flexibility index (Phi) is 6.18. The summed E-state index contributed by atoms with van der Waals surface area (Å²) in [4.78, 5) is 8.80. The molecule has 168 valence electrons. The van der Waals surface area contributed by atoms with E-state index in [1.54, 1.807) is 49.0 Å². The maximum absolute atomic E-state index is 14.0. The normalized spacial score (nSPS) is 11.2. The number of methoxy groups -OCH3 is 1. The van der Waals surface area contributed by atoms with Crippen molar-refractivity contribution < 1.29 is 18.6 Å². The fourth-order valence-electron chi connectivity index (χ4n) is 2.83. The lowest BCUT2D eigenvalue weighted by Crippen LogP contribution is -2.14. The van der Waals surface area contributed by atoms with Crippen molar-refractivity contribution in [3.63, 3.8) is 0 Å². The van der Waals surface area contributed by atoms with Gasteiger partial charge in [-0.2, -0.15) is 5.10 Å². The van der Waals surface area contributed by atoms with Crippen molar-refractivity contribution in [1.29, 1.82) is 0 Å². The standard InChI is InChI=1S/C23H19F2N5O2S/c1-23(2,31)9-8-16-13-26-21-7-5-18(28-30(16)21)14-10-19(22(32-3)27-12-14)29-33-20-6-4-15(24)11-17(20)25/h4-7,10-13,29,31H,1-3H3. The lowest BCUT2D eigenvalue weighted by atomic mass is 10.1. The average Bonchev–Trinajstić information content (AvgIpc) is 3.19. The van der Waals surface area contributed by atoms with E-state index in [0.29, 0.717) is 34.2 Å². The molecule has 4 aromatic rings. The topological polar surface area (TPSA) is 84.6 Å². The van der Waals surface area contributed by atoms with Crippen LogP contribution in [0.4, 0.5) is 14.5 Å². The highest BCUT2D eigenvalue weighted by Crippen LogP contribution is 2.32. The van der Waals surface area contributed by atoms with E-state index in [-0.39, 0.29) is 4.90 Å². The number of nitrogens with one attached hydrogen (secondary N) is 1. The molecular weight excluding hydrogens is 448 g/mol. The number of anilines is 1. The van der Waals surface area contributed by atoms with Gasteiger partial charge in [-0.25, -0.2) is 23.3 Å². The molecule has 0 atom stereocenters. The SMILES string of the molecule is COc1ncc(-c2ccc3ncc(C#CC(C)(C)O)n3n2)cc1NSc1ccc(F)cc1F. The molecule has 0 radical (unpaired) electrons. The van der Waals surface area contributed by atoms with Crippen molar-refractivity contribution in [1.82, 2.24) is 19.6 Å². The zero-order valence-electron chi connectivity index (χ0n) is 17.9. The molecule has 3 aromatic heterocycles. The van der Waals surface area contributed by atoms with Gasteiger partial charge in [0.2, 0.25) is 5.88 Å². The Hall–Kier alpha value is -3.68. The molecular formula is C23H19F2N5O2S. The Morgan fingerprint density at radius 3 is 2.67 bits per heavy atom. The van der Waals surface area contributed by atoms with Gasteiger partial charge in [-0.1, -0.05) is 5.92 Å². The number of rotatable bonds is 5. The summed E-state index contributed by atoms with van der Waals surface area (Å²) in [7, 11) is 1.47. The first-order valence-electron chi connectivity index (χ1n) is 9.76. The van der Waals surface area contributed by atoms with Gasteiger partial charge in [-0.3, -0.25) is 0 Å². The molecule has 3 heterocycles. The molecule has 0 spiro atoms. The number of hydrogen-bond donors (Lipinski definition) is 2. The minimum Gasteiger partial charge on any atom is -0.480 e. The molecule has 0 fully saturated rings. The highest BCUT2D eigenvalue weighted by molar-refractivity contribution is 8.00. The summed E-state index contributed by atoms with van der Waals surface area (Å²) in [6.07, 6.45) is 3.18. The number of nitrogens with zero attached hydrogens (tertiary/aromatic N) is 4. The van der Waals surface area contributed by atoms with Crippen molar-refractivity contribution in [3.8, 4) is 29.0 Å². The van der Waals surface area contributed by atoms with E-state index in [9.17, 15) is 13.9 Å². The van der Waals surface area contributed by atoms with Gasteiger partial charge in [0.1, 0.15) is 28.6 Å². The average molecular weight is 468 g/mol. The molecule has 2 N–H and O–H groups in total. The van der Waals surface area contributed by atoms with E-state index in [2.05, 4.69) is 31.6 Å². The molecule has 0 aliphatic rings. The molecule has 0 amide bonds. The third-order valence-corrected chi connectivity index (χ3v) is 5.24. The molecule has 4 rings (SSSR count). The first-order chi connectivity index (χ1) is 15.7. The first kappa shape index (κ1) is 22.5. The number of hydrogen-bond acceptors (Lipinski definition) is 7. The number of pyridine rings is 1. The minimum absolute atomic E-state index is 0.219. The van der Waals surface area contributed by atoms with Crippen LogP contribution >= 0.6 is 11.9 Å². The maximum atomic E-state index is 14.0. The van der Waals surface area contributed by atoms with Crippen LogP contribution < -0.4 is 9.46 Å². The van der Waals surface area contributed by atoms with Crippen molar-refractivity contribution in [3.05, 3.63) is 66.1 Å². The summed E-state index contributed by atoms with van der Waals surface area (Å²) < 4.78 is 37.0. The summed E-state index contributed by atoms with van der Waals surface area (Å²) in [5.41, 5.74) is 1.71. The van der Waals surface area contributed by atoms with Crippen LogP contribution in [0, 0.1) is 23.5 Å². The van der Waals surface area contributed by atoms with E-state index in [1.165, 1.54) is 19.2 Å². The van der Waals surface area contributed by atoms with Crippen LogP contribution in [0.5, 0.6) is 5.88 Å². The van der Waals surface area contributed by atoms with Gasteiger partial charge in [0.25, 0.3) is 0 Å². The monoisotopic (exact) mass is 467 g/mol. The van der Waals surface area contributed by atoms with E-state index in [0.717, 1.165) is 18.0 Å². The van der Waals surface area contributed by atoms with Gasteiger partial charge < -0.3 is 14.6 Å². The Labute approximate surface area is 193 Å². The van der Waals surface area contributed by atoms with Crippen LogP contribution in [0.1, 0.15) is 19.5 Å². The summed E-state index contributed by atoms with van der Waals surface area (Å²) >= 11 is 0.968. The van der Waals surface area contributed by atoms with Crippen LogP contribution in [0.3, 0.4) is 0 Å².